The minimum Gasteiger partial charge on any atom is -0.333 e. The normalized spacial score (nSPS) is 11.5. The van der Waals surface area contributed by atoms with Gasteiger partial charge in [-0.3, -0.25) is 0 Å². The second-order valence-electron chi connectivity index (χ2n) is 5.19. The fourth-order valence-corrected chi connectivity index (χ4v) is 2.76. The monoisotopic (exact) mass is 277 g/mol. The van der Waals surface area contributed by atoms with Crippen molar-refractivity contribution in [3.63, 3.8) is 0 Å². The lowest BCUT2D eigenvalue weighted by atomic mass is 10.1. The van der Waals surface area contributed by atoms with E-state index in [2.05, 4.69) is 35.2 Å². The molecule has 2 aromatic rings. The van der Waals surface area contributed by atoms with Gasteiger partial charge in [-0.25, -0.2) is 4.98 Å². The maximum absolute atomic E-state index is 4.55. The molecule has 0 amide bonds. The molecule has 2 N–H and O–H groups in total. The first-order valence-corrected chi connectivity index (χ1v) is 8.02. The number of imidazole rings is 1. The highest BCUT2D eigenvalue weighted by molar-refractivity contribution is 7.99. The molecule has 0 radical (unpaired) electrons. The van der Waals surface area contributed by atoms with Gasteiger partial charge in [0.1, 0.15) is 0 Å². The Labute approximate surface area is 119 Å². The van der Waals surface area contributed by atoms with Crippen LogP contribution in [0.5, 0.6) is 0 Å². The molecule has 3 nitrogen and oxygen atoms in total. The summed E-state index contributed by atoms with van der Waals surface area (Å²) in [6.45, 7) is 6.72. The molecule has 0 aliphatic rings. The number of aromatic nitrogens is 2. The molecule has 0 saturated carbocycles. The number of nitrogens with zero attached hydrogens (tertiary/aromatic N) is 1. The third-order valence-corrected chi connectivity index (χ3v) is 3.90. The van der Waals surface area contributed by atoms with Gasteiger partial charge in [0.05, 0.1) is 11.0 Å². The van der Waals surface area contributed by atoms with Crippen molar-refractivity contribution in [3.05, 3.63) is 24.3 Å². The molecule has 0 bridgehead atoms. The predicted molar refractivity (Wildman–Crippen MR) is 83.8 cm³/mol. The van der Waals surface area contributed by atoms with Crippen LogP contribution in [0.2, 0.25) is 0 Å². The molecule has 2 rings (SSSR count). The molecule has 0 spiro atoms. The maximum Gasteiger partial charge on any atom is 0.166 e. The fourth-order valence-electron chi connectivity index (χ4n) is 1.98. The van der Waals surface area contributed by atoms with Gasteiger partial charge >= 0.3 is 0 Å². The summed E-state index contributed by atoms with van der Waals surface area (Å²) < 4.78 is 0. The molecular weight excluding hydrogens is 254 g/mol. The Hall–Kier alpha value is -1.00. The fraction of sp³-hybridized carbons (Fsp3) is 0.533. The standard InChI is InChI=1S/C15H23N3S/c1-12(2)6-5-9-16-10-11-19-15-17-13-7-3-4-8-14(13)18-15/h3-4,7-8,12,16H,5-6,9-11H2,1-2H3,(H,17,18). The van der Waals surface area contributed by atoms with E-state index in [1.54, 1.807) is 11.8 Å². The van der Waals surface area contributed by atoms with E-state index >= 15 is 0 Å². The van der Waals surface area contributed by atoms with Crippen LogP contribution in [-0.4, -0.2) is 28.8 Å². The number of hydrogen-bond donors (Lipinski definition) is 2. The lowest BCUT2D eigenvalue weighted by Gasteiger charge is -2.05. The van der Waals surface area contributed by atoms with Crippen molar-refractivity contribution < 1.29 is 0 Å². The Bertz CT molecular complexity index is 460. The van der Waals surface area contributed by atoms with Gasteiger partial charge in [-0.1, -0.05) is 37.7 Å². The zero-order valence-corrected chi connectivity index (χ0v) is 12.6. The Morgan fingerprint density at radius 3 is 2.89 bits per heavy atom. The highest BCUT2D eigenvalue weighted by Crippen LogP contribution is 2.18. The lowest BCUT2D eigenvalue weighted by molar-refractivity contribution is 0.534. The first-order chi connectivity index (χ1) is 9.25. The minimum atomic E-state index is 0.812. The second-order valence-corrected chi connectivity index (χ2v) is 6.28. The van der Waals surface area contributed by atoms with Gasteiger partial charge in [0, 0.05) is 12.3 Å². The number of fused-ring (bicyclic) bond motifs is 1. The largest absolute Gasteiger partial charge is 0.333 e. The predicted octanol–water partition coefficient (Wildman–Crippen LogP) is 3.68. The summed E-state index contributed by atoms with van der Waals surface area (Å²) in [5.41, 5.74) is 2.17. The van der Waals surface area contributed by atoms with Crippen molar-refractivity contribution in [3.8, 4) is 0 Å². The zero-order valence-electron chi connectivity index (χ0n) is 11.8. The molecule has 0 aliphatic carbocycles. The molecule has 0 fully saturated rings. The van der Waals surface area contributed by atoms with E-state index in [4.69, 9.17) is 0 Å². The van der Waals surface area contributed by atoms with Crippen molar-refractivity contribution in [1.29, 1.82) is 0 Å². The Kier molecular flexibility index (Phi) is 5.73. The molecule has 0 unspecified atom stereocenters. The van der Waals surface area contributed by atoms with Crippen LogP contribution >= 0.6 is 11.8 Å². The van der Waals surface area contributed by atoms with E-state index < -0.39 is 0 Å². The van der Waals surface area contributed by atoms with Crippen molar-refractivity contribution >= 4 is 22.8 Å². The second kappa shape index (κ2) is 7.56. The van der Waals surface area contributed by atoms with E-state index in [-0.39, 0.29) is 0 Å². The van der Waals surface area contributed by atoms with Crippen LogP contribution in [0.3, 0.4) is 0 Å². The van der Waals surface area contributed by atoms with E-state index in [9.17, 15) is 0 Å². The molecule has 1 heterocycles. The van der Waals surface area contributed by atoms with E-state index in [1.807, 2.05) is 18.2 Å². The van der Waals surface area contributed by atoms with Crippen molar-refractivity contribution in [2.45, 2.75) is 31.8 Å². The molecule has 1 aromatic carbocycles. The van der Waals surface area contributed by atoms with Crippen molar-refractivity contribution in [2.24, 2.45) is 5.92 Å². The third kappa shape index (κ3) is 4.88. The van der Waals surface area contributed by atoms with E-state index in [0.717, 1.165) is 41.0 Å². The summed E-state index contributed by atoms with van der Waals surface area (Å²) in [7, 11) is 0. The molecule has 4 heteroatoms. The van der Waals surface area contributed by atoms with Gasteiger partial charge in [0.2, 0.25) is 0 Å². The van der Waals surface area contributed by atoms with Crippen LogP contribution in [0.25, 0.3) is 11.0 Å². The quantitative estimate of drug-likeness (QED) is 0.571. The first-order valence-electron chi connectivity index (χ1n) is 7.04. The molecule has 0 aliphatic heterocycles. The summed E-state index contributed by atoms with van der Waals surface area (Å²) in [4.78, 5) is 7.89. The third-order valence-electron chi connectivity index (χ3n) is 3.02. The molecule has 19 heavy (non-hydrogen) atoms. The number of nitrogens with one attached hydrogen (secondary N) is 2. The average molecular weight is 277 g/mol. The Balaban J connectivity index is 1.63. The highest BCUT2D eigenvalue weighted by Gasteiger charge is 2.01. The number of benzene rings is 1. The molecular formula is C15H23N3S. The van der Waals surface area contributed by atoms with Gasteiger partial charge in [-0.15, -0.1) is 0 Å². The smallest absolute Gasteiger partial charge is 0.166 e. The number of aromatic amines is 1. The summed E-state index contributed by atoms with van der Waals surface area (Å²) in [5, 5.41) is 4.50. The van der Waals surface area contributed by atoms with Gasteiger partial charge in [-0.2, -0.15) is 0 Å². The van der Waals surface area contributed by atoms with Crippen LogP contribution in [0.15, 0.2) is 29.4 Å². The molecule has 0 atom stereocenters. The number of para-hydroxylation sites is 2. The van der Waals surface area contributed by atoms with Gasteiger partial charge in [-0.05, 0) is 37.4 Å². The van der Waals surface area contributed by atoms with E-state index in [0.29, 0.717) is 0 Å². The number of rotatable bonds is 8. The number of H-pyrrole nitrogens is 1. The van der Waals surface area contributed by atoms with Crippen LogP contribution < -0.4 is 5.32 Å². The number of thioether (sulfide) groups is 1. The maximum atomic E-state index is 4.55. The van der Waals surface area contributed by atoms with Crippen LogP contribution in [-0.2, 0) is 0 Å². The van der Waals surface area contributed by atoms with E-state index in [1.165, 1.54) is 12.8 Å². The topological polar surface area (TPSA) is 40.7 Å². The van der Waals surface area contributed by atoms with Crippen molar-refractivity contribution in [2.75, 3.05) is 18.8 Å². The molecule has 0 saturated heterocycles. The summed E-state index contributed by atoms with van der Waals surface area (Å²) in [5.74, 6) is 1.87. The summed E-state index contributed by atoms with van der Waals surface area (Å²) >= 11 is 1.78. The Morgan fingerprint density at radius 2 is 2.11 bits per heavy atom. The van der Waals surface area contributed by atoms with Gasteiger partial charge < -0.3 is 10.3 Å². The van der Waals surface area contributed by atoms with Crippen LogP contribution in [0.4, 0.5) is 0 Å². The average Bonchev–Trinajstić information content (AvgIpc) is 2.79. The van der Waals surface area contributed by atoms with Gasteiger partial charge in [0.25, 0.3) is 0 Å². The minimum absolute atomic E-state index is 0.812. The molecule has 104 valence electrons. The SMILES string of the molecule is CC(C)CCCNCCSc1nc2ccccc2[nH]1. The Morgan fingerprint density at radius 1 is 1.26 bits per heavy atom. The van der Waals surface area contributed by atoms with Gasteiger partial charge in [0.15, 0.2) is 5.16 Å². The van der Waals surface area contributed by atoms with Crippen LogP contribution in [0, 0.1) is 5.92 Å². The van der Waals surface area contributed by atoms with Crippen molar-refractivity contribution in [1.82, 2.24) is 15.3 Å². The highest BCUT2D eigenvalue weighted by atomic mass is 32.2. The zero-order chi connectivity index (χ0) is 13.5. The molecule has 1 aromatic heterocycles. The lowest BCUT2D eigenvalue weighted by Crippen LogP contribution is -2.18. The summed E-state index contributed by atoms with van der Waals surface area (Å²) in [6.07, 6.45) is 2.58. The number of hydrogen-bond acceptors (Lipinski definition) is 3. The summed E-state index contributed by atoms with van der Waals surface area (Å²) in [6, 6.07) is 8.16. The first kappa shape index (κ1) is 14.4. The van der Waals surface area contributed by atoms with Crippen LogP contribution in [0.1, 0.15) is 26.7 Å².